The average Bonchev–Trinajstić information content (AvgIpc) is 2.47. The van der Waals surface area contributed by atoms with Crippen molar-refractivity contribution in [2.45, 2.75) is 26.3 Å². The van der Waals surface area contributed by atoms with Gasteiger partial charge in [0.15, 0.2) is 0 Å². The second-order valence-electron chi connectivity index (χ2n) is 5.33. The second kappa shape index (κ2) is 6.70. The predicted octanol–water partition coefficient (Wildman–Crippen LogP) is 1.42. The van der Waals surface area contributed by atoms with Crippen molar-refractivity contribution < 1.29 is 4.79 Å². The lowest BCUT2D eigenvalue weighted by Crippen LogP contribution is -2.49. The van der Waals surface area contributed by atoms with Gasteiger partial charge >= 0.3 is 0 Å². The molecule has 1 aromatic heterocycles. The zero-order valence-electron chi connectivity index (χ0n) is 12.6. The zero-order chi connectivity index (χ0) is 14.5. The number of carbonyl (C=O) groups excluding carboxylic acids is 1. The number of amides is 1. The van der Waals surface area contributed by atoms with Crippen molar-refractivity contribution >= 4 is 11.7 Å². The summed E-state index contributed by atoms with van der Waals surface area (Å²) in [4.78, 5) is 20.2. The van der Waals surface area contributed by atoms with Crippen molar-refractivity contribution in [2.75, 3.05) is 38.1 Å². The van der Waals surface area contributed by atoms with Crippen molar-refractivity contribution in [1.29, 1.82) is 0 Å². The summed E-state index contributed by atoms with van der Waals surface area (Å²) in [6.07, 6.45) is 2.90. The molecule has 1 aliphatic heterocycles. The third kappa shape index (κ3) is 3.28. The van der Waals surface area contributed by atoms with Crippen LogP contribution in [0.5, 0.6) is 0 Å². The smallest absolute Gasteiger partial charge is 0.241 e. The minimum absolute atomic E-state index is 0.155. The molecule has 1 atom stereocenters. The summed E-state index contributed by atoms with van der Waals surface area (Å²) in [5.41, 5.74) is 1.17. The Kier molecular flexibility index (Phi) is 4.95. The molecule has 1 amide bonds. The van der Waals surface area contributed by atoms with Crippen molar-refractivity contribution in [3.8, 4) is 0 Å². The van der Waals surface area contributed by atoms with Crippen LogP contribution in [0.3, 0.4) is 0 Å². The molecule has 2 rings (SSSR count). The van der Waals surface area contributed by atoms with Crippen LogP contribution in [0.2, 0.25) is 0 Å². The van der Waals surface area contributed by atoms with Gasteiger partial charge in [-0.1, -0.05) is 13.0 Å². The molecule has 110 valence electrons. The maximum atomic E-state index is 11.9. The highest BCUT2D eigenvalue weighted by Gasteiger charge is 2.24. The van der Waals surface area contributed by atoms with E-state index in [0.29, 0.717) is 6.54 Å². The second-order valence-corrected chi connectivity index (χ2v) is 5.33. The third-order valence-corrected chi connectivity index (χ3v) is 3.74. The van der Waals surface area contributed by atoms with Crippen LogP contribution < -0.4 is 10.2 Å². The van der Waals surface area contributed by atoms with Crippen molar-refractivity contribution in [3.63, 3.8) is 0 Å². The first-order valence-electron chi connectivity index (χ1n) is 7.30. The molecular formula is C15H24N4O. The Morgan fingerprint density at radius 1 is 1.45 bits per heavy atom. The summed E-state index contributed by atoms with van der Waals surface area (Å²) in [7, 11) is 1.85. The Balaban J connectivity index is 2.17. The summed E-state index contributed by atoms with van der Waals surface area (Å²) in [5, 5.41) is 3.49. The number of hydrogen-bond acceptors (Lipinski definition) is 4. The normalized spacial score (nSPS) is 17.4. The van der Waals surface area contributed by atoms with E-state index in [1.807, 2.05) is 13.1 Å². The van der Waals surface area contributed by atoms with Crippen LogP contribution in [0.25, 0.3) is 0 Å². The Morgan fingerprint density at radius 2 is 2.25 bits per heavy atom. The zero-order valence-corrected chi connectivity index (χ0v) is 12.6. The number of likely N-dealkylation sites (N-methyl/N-ethyl adjacent to an activating group) is 1. The van der Waals surface area contributed by atoms with E-state index < -0.39 is 0 Å². The van der Waals surface area contributed by atoms with Gasteiger partial charge in [-0.05, 0) is 26.0 Å². The minimum Gasteiger partial charge on any atom is -0.345 e. The van der Waals surface area contributed by atoms with Gasteiger partial charge in [-0.15, -0.1) is 0 Å². The van der Waals surface area contributed by atoms with Gasteiger partial charge in [0.05, 0.1) is 6.54 Å². The number of carbonyl (C=O) groups is 1. The number of hydrogen-bond donors (Lipinski definition) is 1. The number of nitrogens with zero attached hydrogens (tertiary/aromatic N) is 3. The van der Waals surface area contributed by atoms with Gasteiger partial charge in [0, 0.05) is 37.9 Å². The molecule has 0 aromatic carbocycles. The number of nitrogens with one attached hydrogen (secondary N) is 1. The first-order chi connectivity index (χ1) is 9.63. The molecule has 5 nitrogen and oxygen atoms in total. The number of aromatic nitrogens is 1. The molecule has 0 radical (unpaired) electrons. The molecule has 0 saturated carbocycles. The quantitative estimate of drug-likeness (QED) is 0.883. The molecule has 1 aliphatic rings. The van der Waals surface area contributed by atoms with Gasteiger partial charge in [0.1, 0.15) is 5.82 Å². The van der Waals surface area contributed by atoms with E-state index in [4.69, 9.17) is 0 Å². The lowest BCUT2D eigenvalue weighted by atomic mass is 10.1. The van der Waals surface area contributed by atoms with E-state index >= 15 is 0 Å². The monoisotopic (exact) mass is 276 g/mol. The summed E-state index contributed by atoms with van der Waals surface area (Å²) in [6.45, 7) is 7.30. The summed E-state index contributed by atoms with van der Waals surface area (Å²) >= 11 is 0. The number of anilines is 1. The summed E-state index contributed by atoms with van der Waals surface area (Å²) in [5.74, 6) is 1.09. The fraction of sp³-hybridized carbons (Fsp3) is 0.600. The highest BCUT2D eigenvalue weighted by atomic mass is 16.2. The highest BCUT2D eigenvalue weighted by Crippen LogP contribution is 2.24. The van der Waals surface area contributed by atoms with E-state index in [2.05, 4.69) is 35.1 Å². The maximum absolute atomic E-state index is 11.9. The van der Waals surface area contributed by atoms with Gasteiger partial charge in [0.25, 0.3) is 0 Å². The maximum Gasteiger partial charge on any atom is 0.241 e. The third-order valence-electron chi connectivity index (χ3n) is 3.74. The molecule has 0 aliphatic carbocycles. The number of rotatable bonds is 5. The van der Waals surface area contributed by atoms with Gasteiger partial charge in [-0.3, -0.25) is 4.79 Å². The lowest BCUT2D eigenvalue weighted by Gasteiger charge is -2.34. The SMILES string of the molecule is CCCNC(C)c1cccnc1N1CCN(C)C(=O)C1. The molecule has 1 N–H and O–H groups in total. The van der Waals surface area contributed by atoms with E-state index in [1.54, 1.807) is 11.1 Å². The van der Waals surface area contributed by atoms with Gasteiger partial charge in [-0.2, -0.15) is 0 Å². The van der Waals surface area contributed by atoms with Crippen LogP contribution in [0.4, 0.5) is 5.82 Å². The van der Waals surface area contributed by atoms with E-state index in [1.165, 1.54) is 5.56 Å². The highest BCUT2D eigenvalue weighted by molar-refractivity contribution is 5.82. The average molecular weight is 276 g/mol. The Morgan fingerprint density at radius 3 is 2.95 bits per heavy atom. The molecule has 2 heterocycles. The molecule has 0 bridgehead atoms. The molecule has 0 spiro atoms. The Hall–Kier alpha value is -1.62. The van der Waals surface area contributed by atoms with Crippen LogP contribution in [-0.4, -0.2) is 49.0 Å². The molecule has 20 heavy (non-hydrogen) atoms. The van der Waals surface area contributed by atoms with Gasteiger partial charge in [-0.25, -0.2) is 4.98 Å². The van der Waals surface area contributed by atoms with Crippen LogP contribution in [0.15, 0.2) is 18.3 Å². The molecule has 1 aromatic rings. The van der Waals surface area contributed by atoms with Gasteiger partial charge < -0.3 is 15.1 Å². The first-order valence-corrected chi connectivity index (χ1v) is 7.30. The fourth-order valence-electron chi connectivity index (χ4n) is 2.42. The van der Waals surface area contributed by atoms with Crippen molar-refractivity contribution in [1.82, 2.24) is 15.2 Å². The Labute approximate surface area is 121 Å². The molecular weight excluding hydrogens is 252 g/mol. The van der Waals surface area contributed by atoms with Crippen molar-refractivity contribution in [2.24, 2.45) is 0 Å². The van der Waals surface area contributed by atoms with Crippen LogP contribution >= 0.6 is 0 Å². The largest absolute Gasteiger partial charge is 0.345 e. The van der Waals surface area contributed by atoms with Crippen LogP contribution in [0, 0.1) is 0 Å². The molecule has 5 heteroatoms. The number of piperazine rings is 1. The van der Waals surface area contributed by atoms with Crippen LogP contribution in [0.1, 0.15) is 31.9 Å². The topological polar surface area (TPSA) is 48.5 Å². The molecule has 1 saturated heterocycles. The predicted molar refractivity (Wildman–Crippen MR) is 80.8 cm³/mol. The van der Waals surface area contributed by atoms with E-state index in [9.17, 15) is 4.79 Å². The van der Waals surface area contributed by atoms with Crippen molar-refractivity contribution in [3.05, 3.63) is 23.9 Å². The summed E-state index contributed by atoms with van der Waals surface area (Å²) < 4.78 is 0. The number of pyridine rings is 1. The molecule has 1 unspecified atom stereocenters. The minimum atomic E-state index is 0.155. The van der Waals surface area contributed by atoms with Crippen LogP contribution in [-0.2, 0) is 4.79 Å². The summed E-state index contributed by atoms with van der Waals surface area (Å²) in [6, 6.07) is 4.30. The molecule has 1 fully saturated rings. The van der Waals surface area contributed by atoms with Gasteiger partial charge in [0.2, 0.25) is 5.91 Å². The standard InChI is InChI=1S/C15H24N4O/c1-4-7-16-12(2)13-6-5-8-17-15(13)19-10-9-18(3)14(20)11-19/h5-6,8,12,16H,4,7,9-11H2,1-3H3. The first kappa shape index (κ1) is 14.8. The fourth-order valence-corrected chi connectivity index (χ4v) is 2.42. The van der Waals surface area contributed by atoms with E-state index in [-0.39, 0.29) is 11.9 Å². The Bertz CT molecular complexity index is 463. The lowest BCUT2D eigenvalue weighted by molar-refractivity contribution is -0.129. The van der Waals surface area contributed by atoms with E-state index in [0.717, 1.165) is 31.9 Å².